The van der Waals surface area contributed by atoms with Gasteiger partial charge in [-0.05, 0) is 13.3 Å². The van der Waals surface area contributed by atoms with Crippen molar-refractivity contribution < 1.29 is 14.3 Å². The summed E-state index contributed by atoms with van der Waals surface area (Å²) in [5, 5.41) is 0. The molecule has 0 radical (unpaired) electrons. The highest BCUT2D eigenvalue weighted by Crippen LogP contribution is 2.10. The summed E-state index contributed by atoms with van der Waals surface area (Å²) in [6.07, 6.45) is 2.83. The van der Waals surface area contributed by atoms with Gasteiger partial charge in [0.1, 0.15) is 5.82 Å². The highest BCUT2D eigenvalue weighted by molar-refractivity contribution is 5.90. The maximum atomic E-state index is 11.7. The van der Waals surface area contributed by atoms with Gasteiger partial charge in [-0.2, -0.15) is 0 Å². The topological polar surface area (TPSA) is 95.2 Å². The van der Waals surface area contributed by atoms with Gasteiger partial charge in [0.25, 0.3) is 0 Å². The SMILES string of the molecule is CCCc1nc(CC(N)=O)ncc1C(=O)OCC. The standard InChI is InChI=1S/C12H17N3O3/c1-3-5-9-8(12(17)18-4-2)7-14-11(15-9)6-10(13)16/h7H,3-6H2,1-2H3,(H2,13,16). The van der Waals surface area contributed by atoms with Crippen molar-refractivity contribution in [1.82, 2.24) is 9.97 Å². The second-order valence-corrected chi connectivity index (χ2v) is 3.76. The molecule has 0 spiro atoms. The minimum atomic E-state index is -0.499. The number of carbonyl (C=O) groups is 2. The Hall–Kier alpha value is -1.98. The molecule has 1 aromatic rings. The first-order chi connectivity index (χ1) is 8.58. The summed E-state index contributed by atoms with van der Waals surface area (Å²) < 4.78 is 4.93. The van der Waals surface area contributed by atoms with Gasteiger partial charge in [-0.3, -0.25) is 4.79 Å². The Labute approximate surface area is 106 Å². The Bertz CT molecular complexity index is 446. The molecule has 0 bridgehead atoms. The van der Waals surface area contributed by atoms with Crippen LogP contribution in [-0.4, -0.2) is 28.5 Å². The van der Waals surface area contributed by atoms with Gasteiger partial charge in [0, 0.05) is 6.20 Å². The predicted octanol–water partition coefficient (Wildman–Crippen LogP) is 0.634. The zero-order valence-corrected chi connectivity index (χ0v) is 10.6. The number of aromatic nitrogens is 2. The molecule has 18 heavy (non-hydrogen) atoms. The fraction of sp³-hybridized carbons (Fsp3) is 0.500. The van der Waals surface area contributed by atoms with E-state index in [9.17, 15) is 9.59 Å². The summed E-state index contributed by atoms with van der Waals surface area (Å²) >= 11 is 0. The summed E-state index contributed by atoms with van der Waals surface area (Å²) in [4.78, 5) is 30.6. The number of hydrogen-bond donors (Lipinski definition) is 1. The third-order valence-corrected chi connectivity index (χ3v) is 2.23. The fourth-order valence-corrected chi connectivity index (χ4v) is 1.51. The Morgan fingerprint density at radius 3 is 2.67 bits per heavy atom. The summed E-state index contributed by atoms with van der Waals surface area (Å²) in [6, 6.07) is 0. The van der Waals surface area contributed by atoms with Crippen LogP contribution in [0.25, 0.3) is 0 Å². The molecule has 0 fully saturated rings. The number of carbonyl (C=O) groups excluding carboxylic acids is 2. The number of nitrogens with two attached hydrogens (primary N) is 1. The van der Waals surface area contributed by atoms with Crippen LogP contribution in [0.2, 0.25) is 0 Å². The third kappa shape index (κ3) is 3.80. The van der Waals surface area contributed by atoms with Crippen LogP contribution in [0, 0.1) is 0 Å². The lowest BCUT2D eigenvalue weighted by atomic mass is 10.1. The van der Waals surface area contributed by atoms with Crippen molar-refractivity contribution in [3.05, 3.63) is 23.3 Å². The number of esters is 1. The molecular formula is C12H17N3O3. The van der Waals surface area contributed by atoms with Crippen LogP contribution in [-0.2, 0) is 22.4 Å². The Morgan fingerprint density at radius 1 is 1.39 bits per heavy atom. The molecule has 0 aliphatic heterocycles. The summed E-state index contributed by atoms with van der Waals surface area (Å²) in [5.74, 6) is -0.605. The van der Waals surface area contributed by atoms with E-state index in [1.165, 1.54) is 6.20 Å². The molecule has 0 atom stereocenters. The van der Waals surface area contributed by atoms with E-state index in [-0.39, 0.29) is 6.42 Å². The van der Waals surface area contributed by atoms with Crippen LogP contribution in [0.1, 0.15) is 42.1 Å². The highest BCUT2D eigenvalue weighted by Gasteiger charge is 2.15. The van der Waals surface area contributed by atoms with E-state index in [1.807, 2.05) is 6.92 Å². The molecule has 0 aromatic carbocycles. The molecule has 0 saturated heterocycles. The van der Waals surface area contributed by atoms with Gasteiger partial charge in [0.15, 0.2) is 0 Å². The smallest absolute Gasteiger partial charge is 0.341 e. The van der Waals surface area contributed by atoms with E-state index in [0.717, 1.165) is 6.42 Å². The summed E-state index contributed by atoms with van der Waals surface area (Å²) in [7, 11) is 0. The zero-order chi connectivity index (χ0) is 13.5. The van der Waals surface area contributed by atoms with Gasteiger partial charge in [0.2, 0.25) is 5.91 Å². The Morgan fingerprint density at radius 2 is 2.11 bits per heavy atom. The van der Waals surface area contributed by atoms with E-state index in [2.05, 4.69) is 9.97 Å². The molecule has 1 amide bonds. The van der Waals surface area contributed by atoms with Gasteiger partial charge in [-0.25, -0.2) is 14.8 Å². The Kier molecular flexibility index (Phi) is 5.23. The number of rotatable bonds is 6. The molecule has 1 heterocycles. The number of nitrogens with zero attached hydrogens (tertiary/aromatic N) is 2. The van der Waals surface area contributed by atoms with Crippen molar-refractivity contribution in [3.63, 3.8) is 0 Å². The van der Waals surface area contributed by atoms with Crippen molar-refractivity contribution in [3.8, 4) is 0 Å². The number of hydrogen-bond acceptors (Lipinski definition) is 5. The fourth-order valence-electron chi connectivity index (χ4n) is 1.51. The second-order valence-electron chi connectivity index (χ2n) is 3.76. The average Bonchev–Trinajstić information content (AvgIpc) is 2.29. The molecule has 98 valence electrons. The molecule has 0 aliphatic carbocycles. The minimum absolute atomic E-state index is 0.0280. The highest BCUT2D eigenvalue weighted by atomic mass is 16.5. The number of ether oxygens (including phenoxy) is 1. The van der Waals surface area contributed by atoms with Crippen LogP contribution in [0.4, 0.5) is 0 Å². The van der Waals surface area contributed by atoms with E-state index >= 15 is 0 Å². The number of aryl methyl sites for hydroxylation is 1. The first-order valence-electron chi connectivity index (χ1n) is 5.88. The van der Waals surface area contributed by atoms with Crippen LogP contribution >= 0.6 is 0 Å². The maximum absolute atomic E-state index is 11.7. The monoisotopic (exact) mass is 251 g/mol. The van der Waals surface area contributed by atoms with Gasteiger partial charge >= 0.3 is 5.97 Å². The normalized spacial score (nSPS) is 10.1. The lowest BCUT2D eigenvalue weighted by Crippen LogP contribution is -2.18. The molecule has 1 rings (SSSR count). The summed E-state index contributed by atoms with van der Waals surface area (Å²) in [5.41, 5.74) is 6.04. The lowest BCUT2D eigenvalue weighted by Gasteiger charge is -2.08. The Balaban J connectivity index is 3.03. The van der Waals surface area contributed by atoms with Crippen molar-refractivity contribution in [2.75, 3.05) is 6.61 Å². The average molecular weight is 251 g/mol. The number of primary amides is 1. The van der Waals surface area contributed by atoms with Gasteiger partial charge < -0.3 is 10.5 Å². The molecular weight excluding hydrogens is 234 g/mol. The second kappa shape index (κ2) is 6.68. The quantitative estimate of drug-likeness (QED) is 0.748. The first-order valence-corrected chi connectivity index (χ1v) is 5.88. The lowest BCUT2D eigenvalue weighted by molar-refractivity contribution is -0.117. The molecule has 1 aromatic heterocycles. The van der Waals surface area contributed by atoms with E-state index in [1.54, 1.807) is 6.92 Å². The van der Waals surface area contributed by atoms with Crippen molar-refractivity contribution >= 4 is 11.9 Å². The summed E-state index contributed by atoms with van der Waals surface area (Å²) in [6.45, 7) is 4.01. The molecule has 6 nitrogen and oxygen atoms in total. The molecule has 0 unspecified atom stereocenters. The number of amides is 1. The van der Waals surface area contributed by atoms with Crippen molar-refractivity contribution in [1.29, 1.82) is 0 Å². The van der Waals surface area contributed by atoms with Crippen molar-refractivity contribution in [2.24, 2.45) is 5.73 Å². The largest absolute Gasteiger partial charge is 0.462 e. The van der Waals surface area contributed by atoms with Crippen LogP contribution in [0.15, 0.2) is 6.20 Å². The molecule has 2 N–H and O–H groups in total. The van der Waals surface area contributed by atoms with Crippen molar-refractivity contribution in [2.45, 2.75) is 33.1 Å². The van der Waals surface area contributed by atoms with Gasteiger partial charge in [0.05, 0.1) is 24.3 Å². The van der Waals surface area contributed by atoms with Gasteiger partial charge in [-0.1, -0.05) is 13.3 Å². The molecule has 0 saturated carbocycles. The van der Waals surface area contributed by atoms with Crippen LogP contribution in [0.3, 0.4) is 0 Å². The van der Waals surface area contributed by atoms with E-state index < -0.39 is 11.9 Å². The van der Waals surface area contributed by atoms with Gasteiger partial charge in [-0.15, -0.1) is 0 Å². The maximum Gasteiger partial charge on any atom is 0.341 e. The van der Waals surface area contributed by atoms with E-state index in [0.29, 0.717) is 30.1 Å². The third-order valence-electron chi connectivity index (χ3n) is 2.23. The molecule has 0 aliphatic rings. The minimum Gasteiger partial charge on any atom is -0.462 e. The van der Waals surface area contributed by atoms with E-state index in [4.69, 9.17) is 10.5 Å². The van der Waals surface area contributed by atoms with Crippen LogP contribution < -0.4 is 5.73 Å². The van der Waals surface area contributed by atoms with Crippen LogP contribution in [0.5, 0.6) is 0 Å². The molecule has 6 heteroatoms. The predicted molar refractivity (Wildman–Crippen MR) is 64.9 cm³/mol. The first kappa shape index (κ1) is 14.1. The zero-order valence-electron chi connectivity index (χ0n) is 10.6.